The maximum atomic E-state index is 9.79. The standard InChI is InChI=1S/C20H11ClN6S3/c1-24-17-16(15-7-25-10-30-15)14(6-22)20(27-18(17)23)29-9-13-8-28-19(26-13)11-2-4-12(21)5-3-11/h2-5,7-8,10H,9H2,(H2,23,27). The van der Waals surface area contributed by atoms with E-state index in [1.54, 1.807) is 11.7 Å². The van der Waals surface area contributed by atoms with Gasteiger partial charge in [0.05, 0.1) is 23.3 Å². The van der Waals surface area contributed by atoms with Crippen LogP contribution in [0.15, 0.2) is 46.4 Å². The van der Waals surface area contributed by atoms with Gasteiger partial charge in [-0.05, 0) is 12.1 Å². The van der Waals surface area contributed by atoms with Crippen molar-refractivity contribution in [3.8, 4) is 27.1 Å². The number of nitrogens with two attached hydrogens (primary N) is 1. The van der Waals surface area contributed by atoms with Crippen LogP contribution in [0.3, 0.4) is 0 Å². The summed E-state index contributed by atoms with van der Waals surface area (Å²) in [6.45, 7) is 7.46. The molecule has 6 nitrogen and oxygen atoms in total. The first-order chi connectivity index (χ1) is 14.6. The average molecular weight is 467 g/mol. The molecule has 0 saturated carbocycles. The molecular weight excluding hydrogens is 456 g/mol. The number of nitriles is 1. The zero-order valence-electron chi connectivity index (χ0n) is 15.2. The molecule has 0 spiro atoms. The lowest BCUT2D eigenvalue weighted by Gasteiger charge is -2.11. The number of aromatic nitrogens is 3. The third kappa shape index (κ3) is 4.02. The van der Waals surface area contributed by atoms with Crippen molar-refractivity contribution in [2.75, 3.05) is 5.73 Å². The van der Waals surface area contributed by atoms with E-state index in [4.69, 9.17) is 23.9 Å². The van der Waals surface area contributed by atoms with Crippen molar-refractivity contribution in [2.45, 2.75) is 10.8 Å². The Morgan fingerprint density at radius 1 is 1.23 bits per heavy atom. The summed E-state index contributed by atoms with van der Waals surface area (Å²) in [6.07, 6.45) is 1.63. The van der Waals surface area contributed by atoms with Crippen LogP contribution in [-0.4, -0.2) is 15.0 Å². The Morgan fingerprint density at radius 2 is 2.03 bits per heavy atom. The van der Waals surface area contributed by atoms with E-state index in [1.165, 1.54) is 34.4 Å². The van der Waals surface area contributed by atoms with E-state index in [0.717, 1.165) is 16.3 Å². The van der Waals surface area contributed by atoms with Crippen LogP contribution in [0.25, 0.3) is 25.9 Å². The summed E-state index contributed by atoms with van der Waals surface area (Å²) in [4.78, 5) is 17.3. The van der Waals surface area contributed by atoms with Crippen molar-refractivity contribution in [3.05, 3.63) is 69.1 Å². The number of hydrogen-bond donors (Lipinski definition) is 1. The number of halogens is 1. The summed E-state index contributed by atoms with van der Waals surface area (Å²) in [5, 5.41) is 13.8. The Balaban J connectivity index is 1.64. The summed E-state index contributed by atoms with van der Waals surface area (Å²) in [6, 6.07) is 9.72. The van der Waals surface area contributed by atoms with Gasteiger partial charge in [0.15, 0.2) is 0 Å². The van der Waals surface area contributed by atoms with Crippen molar-refractivity contribution < 1.29 is 0 Å². The van der Waals surface area contributed by atoms with Crippen molar-refractivity contribution in [2.24, 2.45) is 0 Å². The molecule has 0 bridgehead atoms. The summed E-state index contributed by atoms with van der Waals surface area (Å²) in [5.74, 6) is 0.625. The molecule has 0 aliphatic rings. The van der Waals surface area contributed by atoms with Gasteiger partial charge in [0.1, 0.15) is 21.9 Å². The van der Waals surface area contributed by atoms with Crippen LogP contribution in [-0.2, 0) is 5.75 Å². The summed E-state index contributed by atoms with van der Waals surface area (Å²) < 4.78 is 0. The van der Waals surface area contributed by atoms with E-state index >= 15 is 0 Å². The number of hydrogen-bond acceptors (Lipinski definition) is 8. The van der Waals surface area contributed by atoms with Crippen LogP contribution >= 0.6 is 46.0 Å². The highest BCUT2D eigenvalue weighted by Crippen LogP contribution is 2.43. The van der Waals surface area contributed by atoms with Gasteiger partial charge in [-0.3, -0.25) is 4.98 Å². The second-order valence-corrected chi connectivity index (χ2v) is 9.07. The normalized spacial score (nSPS) is 10.5. The quantitative estimate of drug-likeness (QED) is 0.275. The SMILES string of the molecule is [C-]#[N+]c1c(N)nc(SCc2csc(-c3ccc(Cl)cc3)n2)c(C#N)c1-c1cncs1. The van der Waals surface area contributed by atoms with E-state index in [9.17, 15) is 5.26 Å². The Morgan fingerprint density at radius 3 is 2.70 bits per heavy atom. The highest BCUT2D eigenvalue weighted by molar-refractivity contribution is 7.98. The smallest absolute Gasteiger partial charge is 0.237 e. The van der Waals surface area contributed by atoms with E-state index in [1.807, 2.05) is 29.6 Å². The van der Waals surface area contributed by atoms with Crippen molar-refractivity contribution in [3.63, 3.8) is 0 Å². The predicted molar refractivity (Wildman–Crippen MR) is 123 cm³/mol. The third-order valence-corrected chi connectivity index (χ3v) is 7.06. The van der Waals surface area contributed by atoms with Crippen LogP contribution in [0.4, 0.5) is 11.5 Å². The molecule has 3 aromatic heterocycles. The summed E-state index contributed by atoms with van der Waals surface area (Å²) in [5.41, 5.74) is 10.6. The zero-order chi connectivity index (χ0) is 21.1. The number of thiazole rings is 2. The number of nitrogens with zero attached hydrogens (tertiary/aromatic N) is 5. The molecule has 30 heavy (non-hydrogen) atoms. The van der Waals surface area contributed by atoms with Crippen LogP contribution in [0, 0.1) is 17.9 Å². The minimum absolute atomic E-state index is 0.107. The van der Waals surface area contributed by atoms with E-state index in [2.05, 4.69) is 25.9 Å². The first-order valence-corrected chi connectivity index (χ1v) is 11.6. The van der Waals surface area contributed by atoms with Crippen LogP contribution in [0.2, 0.25) is 5.02 Å². The lowest BCUT2D eigenvalue weighted by molar-refractivity contribution is 1.12. The van der Waals surface area contributed by atoms with Gasteiger partial charge in [-0.25, -0.2) is 14.8 Å². The predicted octanol–water partition coefficient (Wildman–Crippen LogP) is 6.28. The Hall–Kier alpha value is -2.95. The fraction of sp³-hybridized carbons (Fsp3) is 0.0500. The van der Waals surface area contributed by atoms with Crippen LogP contribution < -0.4 is 5.73 Å². The maximum Gasteiger partial charge on any atom is 0.237 e. The molecule has 146 valence electrons. The highest BCUT2D eigenvalue weighted by Gasteiger charge is 2.21. The third-order valence-electron chi connectivity index (χ3n) is 4.07. The Kier molecular flexibility index (Phi) is 5.98. The molecule has 0 fully saturated rings. The molecule has 0 saturated heterocycles. The monoisotopic (exact) mass is 466 g/mol. The minimum atomic E-state index is 0.107. The van der Waals surface area contributed by atoms with E-state index in [0.29, 0.717) is 31.8 Å². The lowest BCUT2D eigenvalue weighted by Crippen LogP contribution is -1.99. The van der Waals surface area contributed by atoms with Gasteiger partial charge in [-0.1, -0.05) is 35.5 Å². The molecule has 0 aliphatic heterocycles. The van der Waals surface area contributed by atoms with Gasteiger partial charge in [0.2, 0.25) is 5.69 Å². The fourth-order valence-electron chi connectivity index (χ4n) is 2.71. The molecule has 10 heteroatoms. The minimum Gasteiger partial charge on any atom is -0.392 e. The van der Waals surface area contributed by atoms with E-state index in [-0.39, 0.29) is 11.5 Å². The topological polar surface area (TPSA) is 92.8 Å². The molecule has 0 radical (unpaired) electrons. The Bertz CT molecular complexity index is 1280. The second kappa shape index (κ2) is 8.82. The van der Waals surface area contributed by atoms with Crippen molar-refractivity contribution >= 4 is 57.5 Å². The average Bonchev–Trinajstić information content (AvgIpc) is 3.44. The highest BCUT2D eigenvalue weighted by atomic mass is 35.5. The first kappa shape index (κ1) is 20.3. The number of rotatable bonds is 5. The van der Waals surface area contributed by atoms with Gasteiger partial charge >= 0.3 is 0 Å². The Labute approximate surface area is 189 Å². The molecular formula is C20H11ClN6S3. The largest absolute Gasteiger partial charge is 0.392 e. The maximum absolute atomic E-state index is 9.79. The van der Waals surface area contributed by atoms with Gasteiger partial charge < -0.3 is 5.73 Å². The molecule has 2 N–H and O–H groups in total. The number of pyridine rings is 1. The van der Waals surface area contributed by atoms with Gasteiger partial charge in [-0.2, -0.15) is 5.26 Å². The number of thioether (sulfide) groups is 1. The number of nitrogen functional groups attached to an aromatic ring is 1. The molecule has 0 unspecified atom stereocenters. The lowest BCUT2D eigenvalue weighted by atomic mass is 10.1. The zero-order valence-corrected chi connectivity index (χ0v) is 18.4. The molecule has 1 aromatic carbocycles. The number of benzene rings is 1. The summed E-state index contributed by atoms with van der Waals surface area (Å²) in [7, 11) is 0. The molecule has 0 amide bonds. The first-order valence-electron chi connectivity index (χ1n) is 8.43. The van der Waals surface area contributed by atoms with E-state index < -0.39 is 0 Å². The van der Waals surface area contributed by atoms with Crippen molar-refractivity contribution in [1.29, 1.82) is 5.26 Å². The molecule has 3 heterocycles. The fourth-order valence-corrected chi connectivity index (χ4v) is 5.33. The number of anilines is 1. The summed E-state index contributed by atoms with van der Waals surface area (Å²) >= 11 is 10.2. The van der Waals surface area contributed by atoms with Crippen molar-refractivity contribution in [1.82, 2.24) is 15.0 Å². The molecule has 4 aromatic rings. The molecule has 4 rings (SSSR count). The molecule has 0 aliphatic carbocycles. The van der Waals surface area contributed by atoms with Gasteiger partial charge in [0.25, 0.3) is 0 Å². The van der Waals surface area contributed by atoms with Gasteiger partial charge in [-0.15, -0.1) is 22.7 Å². The van der Waals surface area contributed by atoms with Crippen LogP contribution in [0.5, 0.6) is 0 Å². The van der Waals surface area contributed by atoms with Crippen LogP contribution in [0.1, 0.15) is 11.3 Å². The second-order valence-electron chi connectivity index (χ2n) is 5.93. The molecule has 0 atom stereocenters. The van der Waals surface area contributed by atoms with Gasteiger partial charge in [0, 0.05) is 38.4 Å².